The third-order valence-electron chi connectivity index (χ3n) is 8.77. The van der Waals surface area contributed by atoms with Gasteiger partial charge in [0.2, 0.25) is 11.8 Å². The highest BCUT2D eigenvalue weighted by molar-refractivity contribution is 6.07. The zero-order valence-electron chi connectivity index (χ0n) is 23.2. The molecular formula is C30H38N6O5. The number of carboxylic acid groups (broad SMARTS) is 1. The second-order valence-corrected chi connectivity index (χ2v) is 11.4. The summed E-state index contributed by atoms with van der Waals surface area (Å²) in [5.41, 5.74) is 9.28. The van der Waals surface area contributed by atoms with Crippen molar-refractivity contribution in [2.45, 2.75) is 44.6 Å². The van der Waals surface area contributed by atoms with E-state index in [4.69, 9.17) is 11.1 Å². The van der Waals surface area contributed by atoms with Crippen molar-refractivity contribution in [3.63, 3.8) is 0 Å². The van der Waals surface area contributed by atoms with Crippen LogP contribution in [0, 0.1) is 17.2 Å². The van der Waals surface area contributed by atoms with Crippen molar-refractivity contribution < 1.29 is 24.3 Å². The smallest absolute Gasteiger partial charge is 0.327 e. The van der Waals surface area contributed by atoms with Crippen LogP contribution in [0.1, 0.15) is 44.1 Å². The molecule has 0 radical (unpaired) electrons. The first-order valence-electron chi connectivity index (χ1n) is 14.4. The van der Waals surface area contributed by atoms with Crippen molar-refractivity contribution in [2.24, 2.45) is 17.6 Å². The van der Waals surface area contributed by atoms with Gasteiger partial charge in [-0.2, -0.15) is 0 Å². The highest BCUT2D eigenvalue weighted by atomic mass is 16.4. The van der Waals surface area contributed by atoms with E-state index in [0.717, 1.165) is 24.2 Å². The van der Waals surface area contributed by atoms with E-state index in [1.165, 1.54) is 21.6 Å². The van der Waals surface area contributed by atoms with Gasteiger partial charge in [-0.25, -0.2) is 14.5 Å². The van der Waals surface area contributed by atoms with E-state index >= 15 is 0 Å². The highest BCUT2D eigenvalue weighted by Gasteiger charge is 2.56. The van der Waals surface area contributed by atoms with E-state index in [9.17, 15) is 24.3 Å². The van der Waals surface area contributed by atoms with Crippen LogP contribution in [0.5, 0.6) is 0 Å². The van der Waals surface area contributed by atoms with Crippen molar-refractivity contribution in [1.82, 2.24) is 19.6 Å². The largest absolute Gasteiger partial charge is 0.480 e. The third-order valence-corrected chi connectivity index (χ3v) is 8.77. The number of likely N-dealkylation sites (tertiary alicyclic amines) is 2. The lowest BCUT2D eigenvalue weighted by molar-refractivity contribution is -0.167. The molecule has 0 saturated carbocycles. The molecule has 3 atom stereocenters. The maximum atomic E-state index is 13.2. The van der Waals surface area contributed by atoms with Gasteiger partial charge < -0.3 is 25.5 Å². The summed E-state index contributed by atoms with van der Waals surface area (Å²) < 4.78 is 0. The summed E-state index contributed by atoms with van der Waals surface area (Å²) in [6.45, 7) is 2.40. The van der Waals surface area contributed by atoms with Gasteiger partial charge in [-0.05, 0) is 49.2 Å². The maximum absolute atomic E-state index is 13.2. The number of hydrogen-bond acceptors (Lipinski definition) is 5. The Labute approximate surface area is 239 Å². The molecule has 3 aliphatic heterocycles. The summed E-state index contributed by atoms with van der Waals surface area (Å²) in [7, 11) is 0. The fraction of sp³-hybridized carbons (Fsp3) is 0.500. The minimum absolute atomic E-state index is 0.0244. The first kappa shape index (κ1) is 28.4. The zero-order chi connectivity index (χ0) is 29.1. The van der Waals surface area contributed by atoms with E-state index in [2.05, 4.69) is 24.3 Å². The minimum Gasteiger partial charge on any atom is -0.480 e. The van der Waals surface area contributed by atoms with Gasteiger partial charge in [-0.1, -0.05) is 48.1 Å². The lowest BCUT2D eigenvalue weighted by Crippen LogP contribution is -2.70. The average Bonchev–Trinajstić information content (AvgIpc) is 3.46. The number of benzene rings is 1. The summed E-state index contributed by atoms with van der Waals surface area (Å²) in [6, 6.07) is 8.39. The number of carboxylic acids is 1. The fourth-order valence-corrected chi connectivity index (χ4v) is 6.44. The number of guanidine groups is 1. The zero-order valence-corrected chi connectivity index (χ0v) is 23.2. The normalized spacial score (nSPS) is 24.5. The number of imide groups is 1. The second kappa shape index (κ2) is 12.2. The van der Waals surface area contributed by atoms with E-state index < -0.39 is 29.9 Å². The fourth-order valence-electron chi connectivity index (χ4n) is 6.44. The maximum Gasteiger partial charge on any atom is 0.327 e. The highest BCUT2D eigenvalue weighted by Crippen LogP contribution is 2.36. The quantitative estimate of drug-likeness (QED) is 0.262. The molecule has 3 saturated heterocycles. The number of amides is 4. The van der Waals surface area contributed by atoms with Crippen LogP contribution in [0.15, 0.2) is 48.1 Å². The molecular weight excluding hydrogens is 524 g/mol. The number of urea groups is 1. The van der Waals surface area contributed by atoms with Crippen molar-refractivity contribution in [1.29, 1.82) is 5.41 Å². The average molecular weight is 563 g/mol. The summed E-state index contributed by atoms with van der Waals surface area (Å²) in [5, 5.41) is 17.5. The van der Waals surface area contributed by atoms with Gasteiger partial charge in [0.15, 0.2) is 12.0 Å². The molecule has 4 aliphatic rings. The van der Waals surface area contributed by atoms with E-state index in [1.807, 2.05) is 18.2 Å². The number of piperazine rings is 1. The molecule has 3 heterocycles. The van der Waals surface area contributed by atoms with Crippen LogP contribution < -0.4 is 5.73 Å². The van der Waals surface area contributed by atoms with E-state index in [1.54, 1.807) is 9.80 Å². The Hall–Kier alpha value is -4.15. The third kappa shape index (κ3) is 6.13. The lowest BCUT2D eigenvalue weighted by Gasteiger charge is -2.47. The molecule has 1 aliphatic carbocycles. The molecule has 11 heteroatoms. The van der Waals surface area contributed by atoms with Crippen LogP contribution in [0.25, 0.3) is 5.57 Å². The lowest BCUT2D eigenvalue weighted by atomic mass is 9.78. The van der Waals surface area contributed by atoms with Gasteiger partial charge in [0.25, 0.3) is 0 Å². The van der Waals surface area contributed by atoms with Gasteiger partial charge in [0.05, 0.1) is 5.92 Å². The Morgan fingerprint density at radius 2 is 1.68 bits per heavy atom. The van der Waals surface area contributed by atoms with Gasteiger partial charge in [0.1, 0.15) is 0 Å². The number of hydrogen-bond donors (Lipinski definition) is 3. The van der Waals surface area contributed by atoms with Crippen LogP contribution in [-0.2, 0) is 14.4 Å². The number of carbonyl (C=O) groups is 4. The predicted octanol–water partition coefficient (Wildman–Crippen LogP) is 2.35. The second-order valence-electron chi connectivity index (χ2n) is 11.4. The van der Waals surface area contributed by atoms with Crippen LogP contribution in [0.4, 0.5) is 4.79 Å². The Morgan fingerprint density at radius 3 is 2.37 bits per heavy atom. The summed E-state index contributed by atoms with van der Waals surface area (Å²) >= 11 is 0. The van der Waals surface area contributed by atoms with Crippen LogP contribution in [0.3, 0.4) is 0 Å². The molecule has 0 spiro atoms. The number of nitrogens with one attached hydrogen (secondary N) is 1. The molecule has 2 unspecified atom stereocenters. The number of allylic oxidation sites excluding steroid dienone is 4. The van der Waals surface area contributed by atoms with Crippen molar-refractivity contribution in [3.8, 4) is 0 Å². The molecule has 0 bridgehead atoms. The standard InChI is InChI=1S/C30H38N6O5/c31-29(32)35-12-4-5-21(19-35)18-24-26(28(39)40)36(27(24)38)30(41)34-15-13-33(14-16-34)25(37)11-9-20-8-10-23(17-20)22-6-2-1-3-7-22/h1-3,6-8,10,21,24,26H,4-5,9,11-19H2,(H3,31,32)(H,39,40)/t21?,24-,26?/m1/s1. The monoisotopic (exact) mass is 562 g/mol. The molecule has 1 aromatic carbocycles. The van der Waals surface area contributed by atoms with Gasteiger partial charge in [0, 0.05) is 45.7 Å². The van der Waals surface area contributed by atoms with Crippen molar-refractivity contribution >= 4 is 35.3 Å². The number of carbonyl (C=O) groups excluding carboxylic acids is 3. The van der Waals surface area contributed by atoms with Crippen molar-refractivity contribution in [2.75, 3.05) is 39.3 Å². The summed E-state index contributed by atoms with van der Waals surface area (Å²) in [4.78, 5) is 57.0. The first-order chi connectivity index (χ1) is 19.7. The molecule has 5 rings (SSSR count). The molecule has 218 valence electrons. The van der Waals surface area contributed by atoms with Crippen LogP contribution >= 0.6 is 0 Å². The topological polar surface area (TPSA) is 151 Å². The minimum atomic E-state index is -1.20. The molecule has 0 aromatic heterocycles. The van der Waals surface area contributed by atoms with E-state index in [-0.39, 0.29) is 30.9 Å². The van der Waals surface area contributed by atoms with Crippen molar-refractivity contribution in [3.05, 3.63) is 53.6 Å². The van der Waals surface area contributed by atoms with Crippen LogP contribution in [0.2, 0.25) is 0 Å². The molecule has 11 nitrogen and oxygen atoms in total. The van der Waals surface area contributed by atoms with Gasteiger partial charge in [-0.15, -0.1) is 0 Å². The summed E-state index contributed by atoms with van der Waals surface area (Å²) in [5.74, 6) is -2.38. The predicted molar refractivity (Wildman–Crippen MR) is 152 cm³/mol. The SMILES string of the molecule is N=C(N)N1CCCC(C[C@H]2C(=O)N(C(=O)N3CCN(C(=O)CCC4=CC=C(c5ccccc5)C4)CC3)C2C(=O)O)C1. The molecule has 4 amide bonds. The molecule has 41 heavy (non-hydrogen) atoms. The number of rotatable bonds is 7. The Morgan fingerprint density at radius 1 is 0.976 bits per heavy atom. The van der Waals surface area contributed by atoms with Crippen LogP contribution in [-0.4, -0.2) is 99.8 Å². The number of aliphatic carboxylic acids is 1. The molecule has 3 fully saturated rings. The summed E-state index contributed by atoms with van der Waals surface area (Å²) in [6.07, 6.45) is 8.11. The number of β-lactam (4-membered cyclic amide) rings is 1. The Bertz CT molecular complexity index is 1270. The molecule has 4 N–H and O–H groups in total. The number of piperidine rings is 1. The van der Waals surface area contributed by atoms with Gasteiger partial charge >= 0.3 is 12.0 Å². The first-order valence-corrected chi connectivity index (χ1v) is 14.4. The number of nitrogens with zero attached hydrogens (tertiary/aromatic N) is 4. The number of nitrogens with two attached hydrogens (primary N) is 1. The van der Waals surface area contributed by atoms with E-state index in [0.29, 0.717) is 45.4 Å². The Balaban J connectivity index is 1.08. The van der Waals surface area contributed by atoms with Gasteiger partial charge in [-0.3, -0.25) is 15.0 Å². The Kier molecular flexibility index (Phi) is 8.41. The molecule has 1 aromatic rings.